The average Bonchev–Trinajstić information content (AvgIpc) is 2.92. The van der Waals surface area contributed by atoms with Crippen LogP contribution in [-0.2, 0) is 11.8 Å². The second-order valence-corrected chi connectivity index (χ2v) is 8.64. The van der Waals surface area contributed by atoms with Crippen molar-refractivity contribution in [3.8, 4) is 6.07 Å². The van der Waals surface area contributed by atoms with Crippen LogP contribution in [0.5, 0.6) is 0 Å². The summed E-state index contributed by atoms with van der Waals surface area (Å²) in [6.07, 6.45) is 6.90. The Kier molecular flexibility index (Phi) is 3.13. The molecule has 4 aliphatic rings. The van der Waals surface area contributed by atoms with E-state index in [1.807, 2.05) is 35.9 Å². The zero-order chi connectivity index (χ0) is 17.2. The molecule has 4 nitrogen and oxygen atoms in total. The number of rotatable bonds is 3. The van der Waals surface area contributed by atoms with Gasteiger partial charge in [-0.3, -0.25) is 4.79 Å². The van der Waals surface area contributed by atoms with E-state index < -0.39 is 5.92 Å². The van der Waals surface area contributed by atoms with Gasteiger partial charge in [-0.05, 0) is 68.4 Å². The maximum atomic E-state index is 13.6. The van der Waals surface area contributed by atoms with Gasteiger partial charge >= 0.3 is 0 Å². The number of carbonyl (C=O) groups is 1. The lowest BCUT2D eigenvalue weighted by molar-refractivity contribution is -0.144. The van der Waals surface area contributed by atoms with Crippen LogP contribution in [0.3, 0.4) is 0 Å². The smallest absolute Gasteiger partial charge is 0.163 e. The van der Waals surface area contributed by atoms with Crippen LogP contribution in [0.15, 0.2) is 24.3 Å². The molecular formula is C21H23N3O. The molecule has 0 N–H and O–H groups in total. The lowest BCUT2D eigenvalue weighted by Crippen LogP contribution is -2.51. The van der Waals surface area contributed by atoms with E-state index >= 15 is 0 Å². The van der Waals surface area contributed by atoms with Crippen molar-refractivity contribution < 1.29 is 4.79 Å². The molecular weight excluding hydrogens is 310 g/mol. The maximum Gasteiger partial charge on any atom is 0.163 e. The molecule has 1 atom stereocenters. The van der Waals surface area contributed by atoms with Gasteiger partial charge in [0.05, 0.1) is 17.1 Å². The predicted octanol–water partition coefficient (Wildman–Crippen LogP) is 3.97. The first-order chi connectivity index (χ1) is 12.1. The van der Waals surface area contributed by atoms with Crippen LogP contribution in [0.4, 0.5) is 0 Å². The second-order valence-electron chi connectivity index (χ2n) is 8.64. The zero-order valence-electron chi connectivity index (χ0n) is 14.6. The number of aromatic nitrogens is 2. The minimum absolute atomic E-state index is 0.146. The average molecular weight is 333 g/mol. The molecule has 0 saturated heterocycles. The van der Waals surface area contributed by atoms with Gasteiger partial charge in [0, 0.05) is 12.5 Å². The number of Topliss-reactive ketones (excluding diaryl/α,β-unsaturated/α-hetero) is 1. The maximum absolute atomic E-state index is 13.6. The number of para-hydroxylation sites is 2. The van der Waals surface area contributed by atoms with Gasteiger partial charge in [-0.25, -0.2) is 4.98 Å². The highest BCUT2D eigenvalue weighted by molar-refractivity contribution is 5.94. The van der Waals surface area contributed by atoms with Crippen molar-refractivity contribution in [3.05, 3.63) is 30.1 Å². The molecule has 4 heteroatoms. The predicted molar refractivity (Wildman–Crippen MR) is 94.7 cm³/mol. The minimum Gasteiger partial charge on any atom is -0.330 e. The van der Waals surface area contributed by atoms with Crippen LogP contribution in [-0.4, -0.2) is 15.3 Å². The summed E-state index contributed by atoms with van der Waals surface area (Å²) >= 11 is 0. The summed E-state index contributed by atoms with van der Waals surface area (Å²) in [4.78, 5) is 18.2. The Balaban J connectivity index is 1.55. The largest absolute Gasteiger partial charge is 0.330 e. The molecule has 6 rings (SSSR count). The highest BCUT2D eigenvalue weighted by atomic mass is 16.1. The minimum atomic E-state index is -0.742. The van der Waals surface area contributed by atoms with E-state index in [4.69, 9.17) is 0 Å². The van der Waals surface area contributed by atoms with Crippen molar-refractivity contribution >= 4 is 16.8 Å². The number of hydrogen-bond acceptors (Lipinski definition) is 3. The topological polar surface area (TPSA) is 58.7 Å². The highest BCUT2D eigenvalue weighted by Crippen LogP contribution is 2.61. The lowest BCUT2D eigenvalue weighted by atomic mass is 9.47. The third-order valence-electron chi connectivity index (χ3n) is 7.03. The molecule has 1 heterocycles. The van der Waals surface area contributed by atoms with Crippen molar-refractivity contribution in [3.63, 3.8) is 0 Å². The molecule has 0 radical (unpaired) electrons. The lowest BCUT2D eigenvalue weighted by Gasteiger charge is -2.56. The quantitative estimate of drug-likeness (QED) is 0.854. The van der Waals surface area contributed by atoms with Gasteiger partial charge < -0.3 is 4.57 Å². The number of ketones is 1. The Labute approximate surface area is 147 Å². The number of aryl methyl sites for hydroxylation is 1. The van der Waals surface area contributed by atoms with Crippen molar-refractivity contribution in [1.29, 1.82) is 5.26 Å². The summed E-state index contributed by atoms with van der Waals surface area (Å²) in [6, 6.07) is 10.2. The number of carbonyl (C=O) groups excluding carboxylic acids is 1. The summed E-state index contributed by atoms with van der Waals surface area (Å²) in [6.45, 7) is 0. The van der Waals surface area contributed by atoms with Gasteiger partial charge in [-0.15, -0.1) is 0 Å². The fraction of sp³-hybridized carbons (Fsp3) is 0.571. The molecule has 0 amide bonds. The Morgan fingerprint density at radius 2 is 1.80 bits per heavy atom. The first-order valence-electron chi connectivity index (χ1n) is 9.45. The van der Waals surface area contributed by atoms with Gasteiger partial charge in [-0.1, -0.05) is 12.1 Å². The van der Waals surface area contributed by atoms with Gasteiger partial charge in [0.15, 0.2) is 11.7 Å². The Bertz CT molecular complexity index is 868. The Hall–Kier alpha value is -2.15. The van der Waals surface area contributed by atoms with Crippen LogP contribution in [0.25, 0.3) is 11.0 Å². The fourth-order valence-corrected chi connectivity index (χ4v) is 6.37. The number of imidazole rings is 1. The van der Waals surface area contributed by atoms with Crippen molar-refractivity contribution in [2.75, 3.05) is 0 Å². The summed E-state index contributed by atoms with van der Waals surface area (Å²) in [7, 11) is 1.92. The van der Waals surface area contributed by atoms with E-state index in [1.54, 1.807) is 0 Å². The van der Waals surface area contributed by atoms with Gasteiger partial charge in [0.2, 0.25) is 0 Å². The number of fused-ring (bicyclic) bond motifs is 1. The number of nitrogens with zero attached hydrogens (tertiary/aromatic N) is 3. The normalized spacial score (nSPS) is 34.2. The molecule has 25 heavy (non-hydrogen) atoms. The van der Waals surface area contributed by atoms with E-state index in [0.717, 1.165) is 30.3 Å². The van der Waals surface area contributed by atoms with Crippen LogP contribution in [0.2, 0.25) is 0 Å². The van der Waals surface area contributed by atoms with Gasteiger partial charge in [0.25, 0.3) is 0 Å². The molecule has 0 aliphatic heterocycles. The van der Waals surface area contributed by atoms with Gasteiger partial charge in [0.1, 0.15) is 5.82 Å². The first kappa shape index (κ1) is 15.1. The number of hydrogen-bond donors (Lipinski definition) is 0. The highest BCUT2D eigenvalue weighted by Gasteiger charge is 2.56. The van der Waals surface area contributed by atoms with Crippen LogP contribution >= 0.6 is 0 Å². The SMILES string of the molecule is Cn1c(C(C#N)C(=O)C23CC4CC(CC(C4)C2)C3)nc2ccccc21. The van der Waals surface area contributed by atoms with Crippen molar-refractivity contribution in [1.82, 2.24) is 9.55 Å². The zero-order valence-corrected chi connectivity index (χ0v) is 14.6. The van der Waals surface area contributed by atoms with Crippen LogP contribution in [0.1, 0.15) is 50.3 Å². The summed E-state index contributed by atoms with van der Waals surface area (Å²) in [5.41, 5.74) is 1.59. The molecule has 0 spiro atoms. The number of nitriles is 1. The van der Waals surface area contributed by atoms with E-state index in [-0.39, 0.29) is 11.2 Å². The van der Waals surface area contributed by atoms with E-state index in [9.17, 15) is 10.1 Å². The van der Waals surface area contributed by atoms with Crippen LogP contribution < -0.4 is 0 Å². The molecule has 1 aromatic carbocycles. The number of benzene rings is 1. The third kappa shape index (κ3) is 2.11. The standard InChI is InChI=1S/C21H23N3O/c1-24-18-5-3-2-4-17(18)23-20(24)16(12-22)19(25)21-9-13-6-14(10-21)8-15(7-13)11-21/h2-5,13-16H,6-11H2,1H3. The Morgan fingerprint density at radius 3 is 2.36 bits per heavy atom. The second kappa shape index (κ2) is 5.17. The van der Waals surface area contributed by atoms with Crippen molar-refractivity contribution in [2.45, 2.75) is 44.4 Å². The Morgan fingerprint density at radius 1 is 1.20 bits per heavy atom. The fourth-order valence-electron chi connectivity index (χ4n) is 6.37. The molecule has 4 fully saturated rings. The molecule has 4 saturated carbocycles. The van der Waals surface area contributed by atoms with E-state index in [1.165, 1.54) is 19.3 Å². The summed E-state index contributed by atoms with van der Waals surface area (Å²) in [5, 5.41) is 9.88. The summed E-state index contributed by atoms with van der Waals surface area (Å²) in [5.74, 6) is 2.13. The third-order valence-corrected chi connectivity index (χ3v) is 7.03. The molecule has 4 bridgehead atoms. The van der Waals surface area contributed by atoms with E-state index in [2.05, 4.69) is 11.1 Å². The molecule has 1 unspecified atom stereocenters. The summed E-state index contributed by atoms with van der Waals surface area (Å²) < 4.78 is 1.93. The van der Waals surface area contributed by atoms with Crippen molar-refractivity contribution in [2.24, 2.45) is 30.2 Å². The van der Waals surface area contributed by atoms with E-state index in [0.29, 0.717) is 23.6 Å². The molecule has 1 aromatic heterocycles. The monoisotopic (exact) mass is 333 g/mol. The van der Waals surface area contributed by atoms with Gasteiger partial charge in [-0.2, -0.15) is 5.26 Å². The molecule has 2 aromatic rings. The molecule has 128 valence electrons. The van der Waals surface area contributed by atoms with Crippen LogP contribution in [0, 0.1) is 34.5 Å². The molecule has 4 aliphatic carbocycles. The first-order valence-corrected chi connectivity index (χ1v) is 9.45.